The van der Waals surface area contributed by atoms with Gasteiger partial charge in [0.2, 0.25) is 5.91 Å². The van der Waals surface area contributed by atoms with Crippen LogP contribution in [0.2, 0.25) is 0 Å². The maximum absolute atomic E-state index is 13.6. The number of aliphatic hydroxyl groups is 1. The molecule has 1 unspecified atom stereocenters. The summed E-state index contributed by atoms with van der Waals surface area (Å²) in [7, 11) is 3.16. The predicted molar refractivity (Wildman–Crippen MR) is 87.1 cm³/mol. The van der Waals surface area contributed by atoms with Gasteiger partial charge >= 0.3 is 0 Å². The average molecular weight is 335 g/mol. The number of rotatable bonds is 7. The largest absolute Gasteiger partial charge is 0.494 e. The molecule has 2 aromatic rings. The minimum atomic E-state index is -1.20. The number of nitrogens with zero attached hydrogens (tertiary/aromatic N) is 2. The lowest BCUT2D eigenvalue weighted by Gasteiger charge is -2.22. The van der Waals surface area contributed by atoms with E-state index in [1.807, 2.05) is 0 Å². The lowest BCUT2D eigenvalue weighted by Crippen LogP contribution is -2.38. The van der Waals surface area contributed by atoms with Gasteiger partial charge in [-0.05, 0) is 31.0 Å². The first-order chi connectivity index (χ1) is 11.3. The minimum Gasteiger partial charge on any atom is -0.494 e. The molecular weight excluding hydrogens is 313 g/mol. The van der Waals surface area contributed by atoms with Crippen molar-refractivity contribution in [2.24, 2.45) is 7.05 Å². The first-order valence-corrected chi connectivity index (χ1v) is 7.62. The summed E-state index contributed by atoms with van der Waals surface area (Å²) >= 11 is 0. The fourth-order valence-electron chi connectivity index (χ4n) is 2.28. The fraction of sp³-hybridized carbons (Fsp3) is 0.412. The van der Waals surface area contributed by atoms with Gasteiger partial charge in [-0.25, -0.2) is 4.39 Å². The van der Waals surface area contributed by atoms with E-state index in [1.54, 1.807) is 37.1 Å². The van der Waals surface area contributed by atoms with E-state index >= 15 is 0 Å². The van der Waals surface area contributed by atoms with Crippen LogP contribution in [0.4, 0.5) is 4.39 Å². The number of carbonyl (C=O) groups is 1. The molecule has 24 heavy (non-hydrogen) atoms. The van der Waals surface area contributed by atoms with Gasteiger partial charge in [-0.2, -0.15) is 5.10 Å². The van der Waals surface area contributed by atoms with Gasteiger partial charge in [-0.15, -0.1) is 0 Å². The molecule has 1 aromatic carbocycles. The van der Waals surface area contributed by atoms with Crippen molar-refractivity contribution in [1.29, 1.82) is 0 Å². The fourth-order valence-corrected chi connectivity index (χ4v) is 2.28. The van der Waals surface area contributed by atoms with Crippen molar-refractivity contribution in [3.8, 4) is 5.75 Å². The Labute approximate surface area is 140 Å². The summed E-state index contributed by atoms with van der Waals surface area (Å²) in [4.78, 5) is 11.9. The van der Waals surface area contributed by atoms with Gasteiger partial charge < -0.3 is 15.2 Å². The summed E-state index contributed by atoms with van der Waals surface area (Å²) in [6.07, 6.45) is 3.87. The molecule has 130 valence electrons. The smallest absolute Gasteiger partial charge is 0.220 e. The molecule has 1 aromatic heterocycles. The van der Waals surface area contributed by atoms with Crippen molar-refractivity contribution in [3.63, 3.8) is 0 Å². The molecule has 6 nitrogen and oxygen atoms in total. The number of aryl methyl sites for hydroxylation is 2. The zero-order valence-corrected chi connectivity index (χ0v) is 14.0. The highest BCUT2D eigenvalue weighted by Gasteiger charge is 2.25. The van der Waals surface area contributed by atoms with Crippen molar-refractivity contribution in [1.82, 2.24) is 15.1 Å². The molecule has 0 aliphatic heterocycles. The van der Waals surface area contributed by atoms with Crippen LogP contribution in [0, 0.1) is 5.82 Å². The maximum atomic E-state index is 13.6. The monoisotopic (exact) mass is 335 g/mol. The average Bonchev–Trinajstić information content (AvgIpc) is 2.98. The first kappa shape index (κ1) is 17.9. The van der Waals surface area contributed by atoms with Crippen LogP contribution in [0.5, 0.6) is 5.75 Å². The Morgan fingerprint density at radius 1 is 1.50 bits per heavy atom. The zero-order chi connectivity index (χ0) is 17.7. The number of aromatic nitrogens is 2. The molecule has 0 aliphatic carbocycles. The van der Waals surface area contributed by atoms with E-state index in [9.17, 15) is 14.3 Å². The summed E-state index contributed by atoms with van der Waals surface area (Å²) in [6, 6.07) is 4.62. The van der Waals surface area contributed by atoms with Crippen LogP contribution in [0.3, 0.4) is 0 Å². The highest BCUT2D eigenvalue weighted by atomic mass is 19.1. The van der Waals surface area contributed by atoms with Crippen LogP contribution >= 0.6 is 0 Å². The number of hydrogen-bond donors (Lipinski definition) is 2. The van der Waals surface area contributed by atoms with E-state index in [-0.39, 0.29) is 24.6 Å². The lowest BCUT2D eigenvalue weighted by molar-refractivity contribution is -0.122. The highest BCUT2D eigenvalue weighted by molar-refractivity contribution is 5.76. The van der Waals surface area contributed by atoms with E-state index in [1.165, 1.54) is 19.2 Å². The van der Waals surface area contributed by atoms with E-state index in [2.05, 4.69) is 10.4 Å². The molecule has 0 fully saturated rings. The van der Waals surface area contributed by atoms with E-state index in [0.717, 1.165) is 0 Å². The topological polar surface area (TPSA) is 76.4 Å². The highest BCUT2D eigenvalue weighted by Crippen LogP contribution is 2.19. The second kappa shape index (κ2) is 7.44. The zero-order valence-electron chi connectivity index (χ0n) is 14.0. The quantitative estimate of drug-likeness (QED) is 0.804. The second-order valence-corrected chi connectivity index (χ2v) is 5.92. The lowest BCUT2D eigenvalue weighted by atomic mass is 9.99. The van der Waals surface area contributed by atoms with Crippen LogP contribution in [0.25, 0.3) is 0 Å². The van der Waals surface area contributed by atoms with Crippen LogP contribution in [0.15, 0.2) is 30.6 Å². The molecule has 7 heteroatoms. The SMILES string of the molecule is COc1ccc(CCC(=O)NCC(C)(O)c2cnn(C)c2)cc1F. The number of hydrogen-bond acceptors (Lipinski definition) is 4. The number of amides is 1. The Morgan fingerprint density at radius 2 is 2.25 bits per heavy atom. The minimum absolute atomic E-state index is 0.0779. The molecule has 0 aliphatic rings. The Hall–Kier alpha value is -2.41. The Balaban J connectivity index is 1.84. The third kappa shape index (κ3) is 4.55. The summed E-state index contributed by atoms with van der Waals surface area (Å²) in [5, 5.41) is 17.1. The Bertz CT molecular complexity index is 713. The molecule has 0 spiro atoms. The predicted octanol–water partition coefficient (Wildman–Crippen LogP) is 1.52. The molecule has 1 amide bonds. The van der Waals surface area contributed by atoms with Gasteiger partial charge in [-0.3, -0.25) is 9.48 Å². The molecule has 1 atom stereocenters. The molecule has 0 saturated carbocycles. The number of benzene rings is 1. The van der Waals surface area contributed by atoms with Crippen molar-refractivity contribution < 1.29 is 19.0 Å². The molecule has 0 bridgehead atoms. The van der Waals surface area contributed by atoms with Crippen LogP contribution in [-0.2, 0) is 23.9 Å². The maximum Gasteiger partial charge on any atom is 0.220 e. The number of nitrogens with one attached hydrogen (secondary N) is 1. The van der Waals surface area contributed by atoms with Crippen molar-refractivity contribution in [2.75, 3.05) is 13.7 Å². The van der Waals surface area contributed by atoms with Gasteiger partial charge in [0, 0.05) is 25.2 Å². The molecule has 2 rings (SSSR count). The Kier molecular flexibility index (Phi) is 5.56. The normalized spacial score (nSPS) is 13.4. The number of halogens is 1. The molecule has 0 radical (unpaired) electrons. The van der Waals surface area contributed by atoms with Crippen molar-refractivity contribution in [3.05, 3.63) is 47.5 Å². The van der Waals surface area contributed by atoms with Gasteiger partial charge in [0.05, 0.1) is 19.9 Å². The first-order valence-electron chi connectivity index (χ1n) is 7.62. The van der Waals surface area contributed by atoms with Crippen molar-refractivity contribution in [2.45, 2.75) is 25.4 Å². The standard InChI is InChI=1S/C17H22FN3O3/c1-17(23,13-9-20-21(2)10-13)11-19-16(22)7-5-12-4-6-15(24-3)14(18)8-12/h4,6,8-10,23H,5,7,11H2,1-3H3,(H,19,22). The third-order valence-corrected chi connectivity index (χ3v) is 3.81. The third-order valence-electron chi connectivity index (χ3n) is 3.81. The van der Waals surface area contributed by atoms with Crippen LogP contribution in [-0.4, -0.2) is 34.4 Å². The summed E-state index contributed by atoms with van der Waals surface area (Å²) in [5.41, 5.74) is 0.140. The van der Waals surface area contributed by atoms with Gasteiger partial charge in [0.15, 0.2) is 11.6 Å². The second-order valence-electron chi connectivity index (χ2n) is 5.92. The van der Waals surface area contributed by atoms with Gasteiger partial charge in [0.1, 0.15) is 5.60 Å². The molecule has 2 N–H and O–H groups in total. The molecular formula is C17H22FN3O3. The van der Waals surface area contributed by atoms with Gasteiger partial charge in [-0.1, -0.05) is 6.07 Å². The van der Waals surface area contributed by atoms with Crippen LogP contribution in [0.1, 0.15) is 24.5 Å². The molecule has 0 saturated heterocycles. The molecule has 1 heterocycles. The van der Waals surface area contributed by atoms with Gasteiger partial charge in [0.25, 0.3) is 0 Å². The summed E-state index contributed by atoms with van der Waals surface area (Å²) in [6.45, 7) is 1.69. The number of methoxy groups -OCH3 is 1. The number of ether oxygens (including phenoxy) is 1. The van der Waals surface area contributed by atoms with Crippen molar-refractivity contribution >= 4 is 5.91 Å². The summed E-state index contributed by atoms with van der Waals surface area (Å²) < 4.78 is 20.0. The van der Waals surface area contributed by atoms with E-state index < -0.39 is 11.4 Å². The Morgan fingerprint density at radius 3 is 2.83 bits per heavy atom. The van der Waals surface area contributed by atoms with Crippen LogP contribution < -0.4 is 10.1 Å². The summed E-state index contributed by atoms with van der Waals surface area (Å²) in [5.74, 6) is -0.485. The number of carbonyl (C=O) groups excluding carboxylic acids is 1. The van der Waals surface area contributed by atoms with E-state index in [0.29, 0.717) is 17.5 Å². The van der Waals surface area contributed by atoms with E-state index in [4.69, 9.17) is 4.74 Å².